The van der Waals surface area contributed by atoms with Gasteiger partial charge in [-0.2, -0.15) is 0 Å². The van der Waals surface area contributed by atoms with Crippen LogP contribution in [0.15, 0.2) is 174 Å². The summed E-state index contributed by atoms with van der Waals surface area (Å²) in [4.78, 5) is 0. The molecule has 1 aromatic heterocycles. The van der Waals surface area contributed by atoms with Gasteiger partial charge in [-0.15, -0.1) is 0 Å². The van der Waals surface area contributed by atoms with E-state index in [1.54, 1.807) is 6.07 Å². The third-order valence-corrected chi connectivity index (χ3v) is 9.28. The molecule has 0 atom stereocenters. The third-order valence-electron chi connectivity index (χ3n) is 9.28. The van der Waals surface area contributed by atoms with Crippen molar-refractivity contribution in [2.75, 3.05) is 0 Å². The van der Waals surface area contributed by atoms with Gasteiger partial charge in [-0.3, -0.25) is 0 Å². The Bertz CT molecular complexity index is 3220. The van der Waals surface area contributed by atoms with Crippen LogP contribution in [0.5, 0.6) is 0 Å². The van der Waals surface area contributed by atoms with E-state index in [9.17, 15) is 5.48 Å². The molecule has 0 unspecified atom stereocenters. The van der Waals surface area contributed by atoms with Crippen LogP contribution in [0.4, 0.5) is 0 Å². The van der Waals surface area contributed by atoms with E-state index < -0.39 is 24.2 Å². The highest BCUT2D eigenvalue weighted by Gasteiger charge is 2.19. The van der Waals surface area contributed by atoms with Gasteiger partial charge >= 0.3 is 0 Å². The molecule has 0 fully saturated rings. The lowest BCUT2D eigenvalue weighted by Crippen LogP contribution is -1.91. The molecule has 0 saturated heterocycles. The standard InChI is InChI=1S/C46H28O/c1-3-16-34-29(11-1)13-10-22-35(34)31-14-9-15-32(27-31)44-37-18-5-7-20-39(37)45(40-21-8-6-19-38(40)44)33-24-26-43-42(28-33)41-25-23-30-12-2-4-17-36(30)46(41)47-43/h1-28H/i5D,6D,7D,8D,18D,19D,20D,21D. The Hall–Kier alpha value is -6.18. The maximum absolute atomic E-state index is 9.39. The Morgan fingerprint density at radius 1 is 0.383 bits per heavy atom. The van der Waals surface area contributed by atoms with Crippen LogP contribution in [-0.2, 0) is 0 Å². The van der Waals surface area contributed by atoms with Crippen molar-refractivity contribution in [1.82, 2.24) is 0 Å². The molecule has 0 saturated carbocycles. The molecule has 47 heavy (non-hydrogen) atoms. The third kappa shape index (κ3) is 3.97. The van der Waals surface area contributed by atoms with Gasteiger partial charge in [0, 0.05) is 16.2 Å². The number of hydrogen-bond donors (Lipinski definition) is 0. The summed E-state index contributed by atoms with van der Waals surface area (Å²) in [5, 5.41) is 6.40. The highest BCUT2D eigenvalue weighted by Crippen LogP contribution is 2.45. The first-order chi connectivity index (χ1) is 26.6. The molecular formula is C46H28O. The van der Waals surface area contributed by atoms with Gasteiger partial charge in [0.05, 0.1) is 11.0 Å². The molecule has 0 amide bonds. The molecule has 0 N–H and O–H groups in total. The van der Waals surface area contributed by atoms with E-state index >= 15 is 0 Å². The van der Waals surface area contributed by atoms with Crippen LogP contribution in [0.25, 0.3) is 98.4 Å². The van der Waals surface area contributed by atoms with Crippen LogP contribution < -0.4 is 0 Å². The van der Waals surface area contributed by atoms with Crippen LogP contribution >= 0.6 is 0 Å². The van der Waals surface area contributed by atoms with Gasteiger partial charge in [-0.1, -0.05) is 145 Å². The van der Waals surface area contributed by atoms with Crippen molar-refractivity contribution in [2.45, 2.75) is 0 Å². The highest BCUT2D eigenvalue weighted by atomic mass is 16.3. The molecule has 0 aliphatic carbocycles. The summed E-state index contributed by atoms with van der Waals surface area (Å²) in [6.45, 7) is 0. The van der Waals surface area contributed by atoms with Crippen LogP contribution in [-0.4, -0.2) is 0 Å². The molecule has 0 aliphatic rings. The Kier molecular flexibility index (Phi) is 4.19. The first-order valence-corrected chi connectivity index (χ1v) is 15.5. The lowest BCUT2D eigenvalue weighted by molar-refractivity contribution is 0.672. The number of furan rings is 1. The molecule has 10 aromatic rings. The molecule has 1 heteroatoms. The summed E-state index contributed by atoms with van der Waals surface area (Å²) in [7, 11) is 0. The molecule has 0 bridgehead atoms. The molecule has 9 aromatic carbocycles. The van der Waals surface area contributed by atoms with E-state index in [1.807, 2.05) is 115 Å². The van der Waals surface area contributed by atoms with Crippen molar-refractivity contribution in [3.05, 3.63) is 170 Å². The topological polar surface area (TPSA) is 13.1 Å². The SMILES string of the molecule is [2H]c1c([2H])c([2H])c2c(-c3ccc4oc5c6ccccc6ccc5c4c3)c3c([2H])c([2H])c([2H])c([2H])c3c(-c3cccc(-c4cccc5ccccc45)c3)c2c1[2H]. The average molecular weight is 605 g/mol. The van der Waals surface area contributed by atoms with Gasteiger partial charge in [-0.25, -0.2) is 0 Å². The fourth-order valence-corrected chi connectivity index (χ4v) is 7.18. The van der Waals surface area contributed by atoms with Crippen molar-refractivity contribution in [1.29, 1.82) is 0 Å². The first-order valence-electron chi connectivity index (χ1n) is 19.5. The predicted molar refractivity (Wildman–Crippen MR) is 200 cm³/mol. The summed E-state index contributed by atoms with van der Waals surface area (Å²) < 4.78 is 79.3. The predicted octanol–water partition coefficient (Wildman–Crippen LogP) is 13.2. The molecule has 1 heterocycles. The molecule has 1 nitrogen and oxygen atoms in total. The van der Waals surface area contributed by atoms with Crippen molar-refractivity contribution in [2.24, 2.45) is 0 Å². The van der Waals surface area contributed by atoms with Gasteiger partial charge < -0.3 is 4.42 Å². The second kappa shape index (κ2) is 10.2. The quantitative estimate of drug-likeness (QED) is 0.183. The summed E-state index contributed by atoms with van der Waals surface area (Å²) in [5.74, 6) is 0. The second-order valence-corrected chi connectivity index (χ2v) is 11.8. The maximum atomic E-state index is 9.39. The number of fused-ring (bicyclic) bond motifs is 8. The van der Waals surface area contributed by atoms with Crippen LogP contribution in [0.1, 0.15) is 11.0 Å². The van der Waals surface area contributed by atoms with Crippen LogP contribution in [0.3, 0.4) is 0 Å². The van der Waals surface area contributed by atoms with Gasteiger partial charge in [0.25, 0.3) is 0 Å². The van der Waals surface area contributed by atoms with E-state index in [4.69, 9.17) is 9.90 Å². The lowest BCUT2D eigenvalue weighted by atomic mass is 9.85. The molecule has 10 rings (SSSR count). The smallest absolute Gasteiger partial charge is 0.143 e. The van der Waals surface area contributed by atoms with Gasteiger partial charge in [0.1, 0.15) is 11.2 Å². The van der Waals surface area contributed by atoms with Gasteiger partial charge in [0.2, 0.25) is 0 Å². The Labute approximate surface area is 283 Å². The highest BCUT2D eigenvalue weighted by molar-refractivity contribution is 6.23. The van der Waals surface area contributed by atoms with E-state index in [0.29, 0.717) is 33.4 Å². The second-order valence-electron chi connectivity index (χ2n) is 11.8. The van der Waals surface area contributed by atoms with Gasteiger partial charge in [-0.05, 0) is 95.3 Å². The average Bonchev–Trinajstić information content (AvgIpc) is 3.60. The summed E-state index contributed by atoms with van der Waals surface area (Å²) >= 11 is 0. The minimum Gasteiger partial charge on any atom is -0.455 e. The van der Waals surface area contributed by atoms with E-state index in [1.165, 1.54) is 0 Å². The minimum atomic E-state index is -0.435. The maximum Gasteiger partial charge on any atom is 0.143 e. The Balaban J connectivity index is 1.37. The minimum absolute atomic E-state index is 0.173. The zero-order chi connectivity index (χ0) is 37.9. The number of hydrogen-bond acceptors (Lipinski definition) is 1. The van der Waals surface area contributed by atoms with E-state index in [2.05, 4.69) is 0 Å². The largest absolute Gasteiger partial charge is 0.455 e. The fourth-order valence-electron chi connectivity index (χ4n) is 7.18. The lowest BCUT2D eigenvalue weighted by Gasteiger charge is -2.18. The monoisotopic (exact) mass is 604 g/mol. The normalized spacial score (nSPS) is 14.2. The first kappa shape index (κ1) is 19.4. The van der Waals surface area contributed by atoms with Gasteiger partial charge in [0.15, 0.2) is 0 Å². The van der Waals surface area contributed by atoms with Crippen molar-refractivity contribution >= 4 is 65.0 Å². The number of benzene rings is 9. The molecule has 0 spiro atoms. The molecule has 0 radical (unpaired) electrons. The van der Waals surface area contributed by atoms with Crippen molar-refractivity contribution in [3.63, 3.8) is 0 Å². The van der Waals surface area contributed by atoms with Crippen molar-refractivity contribution in [3.8, 4) is 33.4 Å². The number of rotatable bonds is 3. The Morgan fingerprint density at radius 2 is 0.957 bits per heavy atom. The fraction of sp³-hybridized carbons (Fsp3) is 0. The van der Waals surface area contributed by atoms with E-state index in [0.717, 1.165) is 43.4 Å². The Morgan fingerprint density at radius 3 is 1.68 bits per heavy atom. The summed E-state index contributed by atoms with van der Waals surface area (Å²) in [5.41, 5.74) is 4.86. The van der Waals surface area contributed by atoms with E-state index in [-0.39, 0.29) is 45.7 Å². The zero-order valence-corrected chi connectivity index (χ0v) is 25.0. The van der Waals surface area contributed by atoms with Crippen LogP contribution in [0.2, 0.25) is 0 Å². The zero-order valence-electron chi connectivity index (χ0n) is 33.0. The molecule has 218 valence electrons. The molecule has 0 aliphatic heterocycles. The van der Waals surface area contributed by atoms with Crippen LogP contribution in [0, 0.1) is 0 Å². The molecular weight excluding hydrogens is 569 g/mol. The van der Waals surface area contributed by atoms with Crippen molar-refractivity contribution < 1.29 is 15.4 Å². The summed E-state index contributed by atoms with van der Waals surface area (Å²) in [6.07, 6.45) is 0. The summed E-state index contributed by atoms with van der Waals surface area (Å²) in [6, 6.07) is 36.3.